The number of rotatable bonds is 4. The molecule has 1 saturated heterocycles. The van der Waals surface area contributed by atoms with E-state index >= 15 is 0 Å². The van der Waals surface area contributed by atoms with Crippen LogP contribution in [-0.2, 0) is 11.3 Å². The summed E-state index contributed by atoms with van der Waals surface area (Å²) in [6.45, 7) is 9.30. The van der Waals surface area contributed by atoms with Crippen molar-refractivity contribution in [3.05, 3.63) is 35.4 Å². The zero-order valence-electron chi connectivity index (χ0n) is 12.4. The second-order valence-electron chi connectivity index (χ2n) is 6.06. The van der Waals surface area contributed by atoms with E-state index in [0.29, 0.717) is 17.6 Å². The van der Waals surface area contributed by atoms with Gasteiger partial charge in [-0.2, -0.15) is 0 Å². The van der Waals surface area contributed by atoms with Gasteiger partial charge in [0, 0.05) is 12.5 Å². The smallest absolute Gasteiger partial charge is 0.133 e. The van der Waals surface area contributed by atoms with Crippen molar-refractivity contribution < 1.29 is 4.79 Å². The molecule has 0 saturated carbocycles. The highest BCUT2D eigenvalue weighted by atomic mass is 16.1. The number of piperidine rings is 1. The molecule has 2 heteroatoms. The van der Waals surface area contributed by atoms with Crippen LogP contribution in [0.3, 0.4) is 0 Å². The van der Waals surface area contributed by atoms with Crippen molar-refractivity contribution in [2.45, 2.75) is 46.1 Å². The number of ketones is 1. The lowest BCUT2D eigenvalue weighted by molar-refractivity contribution is -0.122. The third-order valence-electron chi connectivity index (χ3n) is 4.22. The summed E-state index contributed by atoms with van der Waals surface area (Å²) in [5.41, 5.74) is 2.78. The molecular formula is C17H25NO. The van der Waals surface area contributed by atoms with E-state index < -0.39 is 0 Å². The first-order valence-corrected chi connectivity index (χ1v) is 7.38. The number of hydrogen-bond acceptors (Lipinski definition) is 2. The van der Waals surface area contributed by atoms with Crippen molar-refractivity contribution in [1.82, 2.24) is 4.90 Å². The number of benzene rings is 1. The summed E-state index contributed by atoms with van der Waals surface area (Å²) >= 11 is 0. The maximum Gasteiger partial charge on any atom is 0.133 e. The van der Waals surface area contributed by atoms with Gasteiger partial charge in [-0.25, -0.2) is 0 Å². The van der Waals surface area contributed by atoms with Gasteiger partial charge in [-0.05, 0) is 49.9 Å². The Kier molecular flexibility index (Phi) is 4.76. The van der Waals surface area contributed by atoms with Crippen LogP contribution in [0.1, 0.15) is 50.7 Å². The van der Waals surface area contributed by atoms with E-state index in [0.717, 1.165) is 32.5 Å². The number of nitrogens with zero attached hydrogens (tertiary/aromatic N) is 1. The average Bonchev–Trinajstić information content (AvgIpc) is 2.40. The van der Waals surface area contributed by atoms with Gasteiger partial charge in [0.25, 0.3) is 0 Å². The molecule has 0 N–H and O–H groups in total. The number of likely N-dealkylation sites (tertiary alicyclic amines) is 1. The second-order valence-corrected chi connectivity index (χ2v) is 6.06. The maximum atomic E-state index is 11.3. The van der Waals surface area contributed by atoms with Crippen molar-refractivity contribution in [2.75, 3.05) is 13.1 Å². The van der Waals surface area contributed by atoms with Crippen LogP contribution >= 0.6 is 0 Å². The summed E-state index contributed by atoms with van der Waals surface area (Å²) < 4.78 is 0. The fourth-order valence-corrected chi connectivity index (χ4v) is 2.76. The van der Waals surface area contributed by atoms with E-state index in [9.17, 15) is 4.79 Å². The largest absolute Gasteiger partial charge is 0.300 e. The Morgan fingerprint density at radius 2 is 1.79 bits per heavy atom. The van der Waals surface area contributed by atoms with Crippen LogP contribution in [0.2, 0.25) is 0 Å². The van der Waals surface area contributed by atoms with E-state index in [1.807, 2.05) is 0 Å². The molecule has 0 aliphatic carbocycles. The van der Waals surface area contributed by atoms with Crippen LogP contribution in [0, 0.1) is 5.92 Å². The fourth-order valence-electron chi connectivity index (χ4n) is 2.76. The first-order valence-electron chi connectivity index (χ1n) is 7.38. The first-order chi connectivity index (χ1) is 9.06. The van der Waals surface area contributed by atoms with Crippen molar-refractivity contribution in [2.24, 2.45) is 5.92 Å². The lowest BCUT2D eigenvalue weighted by atomic mass is 9.93. The molecule has 1 heterocycles. The molecule has 0 spiro atoms. The Hall–Kier alpha value is -1.15. The van der Waals surface area contributed by atoms with Crippen molar-refractivity contribution in [1.29, 1.82) is 0 Å². The Balaban J connectivity index is 1.87. The lowest BCUT2D eigenvalue weighted by Crippen LogP contribution is -2.35. The van der Waals surface area contributed by atoms with Gasteiger partial charge in [0.2, 0.25) is 0 Å². The molecular weight excluding hydrogens is 234 g/mol. The fraction of sp³-hybridized carbons (Fsp3) is 0.588. The summed E-state index contributed by atoms with van der Waals surface area (Å²) in [7, 11) is 0. The maximum absolute atomic E-state index is 11.3. The standard InChI is InChI=1S/C17H25NO/c1-13(2)16-6-4-15(5-7-16)12-18-10-8-17(9-11-18)14(3)19/h4-7,13,17H,8-12H2,1-3H3. The van der Waals surface area contributed by atoms with Crippen molar-refractivity contribution in [3.8, 4) is 0 Å². The Bertz CT molecular complexity index is 413. The highest BCUT2D eigenvalue weighted by Crippen LogP contribution is 2.20. The highest BCUT2D eigenvalue weighted by Gasteiger charge is 2.22. The van der Waals surface area contributed by atoms with E-state index in [-0.39, 0.29) is 0 Å². The van der Waals surface area contributed by atoms with E-state index in [4.69, 9.17) is 0 Å². The van der Waals surface area contributed by atoms with E-state index in [2.05, 4.69) is 43.0 Å². The third kappa shape index (κ3) is 3.90. The Morgan fingerprint density at radius 3 is 2.26 bits per heavy atom. The predicted octanol–water partition coefficient (Wildman–Crippen LogP) is 3.61. The lowest BCUT2D eigenvalue weighted by Gasteiger charge is -2.30. The van der Waals surface area contributed by atoms with Crippen LogP contribution in [0.15, 0.2) is 24.3 Å². The normalized spacial score (nSPS) is 17.9. The van der Waals surface area contributed by atoms with Crippen molar-refractivity contribution in [3.63, 3.8) is 0 Å². The summed E-state index contributed by atoms with van der Waals surface area (Å²) in [4.78, 5) is 13.8. The summed E-state index contributed by atoms with van der Waals surface area (Å²) in [5.74, 6) is 1.26. The minimum Gasteiger partial charge on any atom is -0.300 e. The van der Waals surface area contributed by atoms with E-state index in [1.165, 1.54) is 11.1 Å². The average molecular weight is 259 g/mol. The monoisotopic (exact) mass is 259 g/mol. The van der Waals surface area contributed by atoms with Gasteiger partial charge in [-0.1, -0.05) is 38.1 Å². The zero-order valence-corrected chi connectivity index (χ0v) is 12.4. The molecule has 104 valence electrons. The Morgan fingerprint density at radius 1 is 1.21 bits per heavy atom. The van der Waals surface area contributed by atoms with Crippen LogP contribution in [0.25, 0.3) is 0 Å². The summed E-state index contributed by atoms with van der Waals surface area (Å²) in [6, 6.07) is 8.96. The highest BCUT2D eigenvalue weighted by molar-refractivity contribution is 5.78. The quantitative estimate of drug-likeness (QED) is 0.823. The molecule has 0 amide bonds. The molecule has 0 bridgehead atoms. The molecule has 1 aliphatic rings. The molecule has 2 nitrogen and oxygen atoms in total. The molecule has 0 aromatic heterocycles. The summed E-state index contributed by atoms with van der Waals surface area (Å²) in [5, 5.41) is 0. The topological polar surface area (TPSA) is 20.3 Å². The molecule has 1 fully saturated rings. The van der Waals surface area contributed by atoms with Gasteiger partial charge in [0.05, 0.1) is 0 Å². The molecule has 2 rings (SSSR count). The summed E-state index contributed by atoms with van der Waals surface area (Å²) in [6.07, 6.45) is 2.05. The molecule has 0 atom stereocenters. The van der Waals surface area contributed by atoms with Gasteiger partial charge >= 0.3 is 0 Å². The van der Waals surface area contributed by atoms with Gasteiger partial charge in [0.15, 0.2) is 0 Å². The molecule has 0 radical (unpaired) electrons. The van der Waals surface area contributed by atoms with Gasteiger partial charge in [-0.15, -0.1) is 0 Å². The van der Waals surface area contributed by atoms with Gasteiger partial charge in [-0.3, -0.25) is 9.69 Å². The molecule has 1 aromatic rings. The number of carbonyl (C=O) groups excluding carboxylic acids is 1. The van der Waals surface area contributed by atoms with Crippen LogP contribution in [0.5, 0.6) is 0 Å². The molecule has 0 unspecified atom stereocenters. The molecule has 1 aliphatic heterocycles. The molecule has 19 heavy (non-hydrogen) atoms. The SMILES string of the molecule is CC(=O)C1CCN(Cc2ccc(C(C)C)cc2)CC1. The predicted molar refractivity (Wildman–Crippen MR) is 79.2 cm³/mol. The second kappa shape index (κ2) is 6.33. The van der Waals surface area contributed by atoms with E-state index in [1.54, 1.807) is 6.92 Å². The van der Waals surface area contributed by atoms with Crippen LogP contribution in [-0.4, -0.2) is 23.8 Å². The first kappa shape index (κ1) is 14.3. The van der Waals surface area contributed by atoms with Crippen molar-refractivity contribution >= 4 is 5.78 Å². The minimum atomic E-state index is 0.305. The van der Waals surface area contributed by atoms with Crippen LogP contribution < -0.4 is 0 Å². The molecule has 1 aromatic carbocycles. The minimum absolute atomic E-state index is 0.305. The third-order valence-corrected chi connectivity index (χ3v) is 4.22. The number of Topliss-reactive ketones (excluding diaryl/α,β-unsaturated/α-hetero) is 1. The number of carbonyl (C=O) groups is 1. The Labute approximate surface area is 116 Å². The number of hydrogen-bond donors (Lipinski definition) is 0. The van der Waals surface area contributed by atoms with Gasteiger partial charge < -0.3 is 0 Å². The van der Waals surface area contributed by atoms with Crippen LogP contribution in [0.4, 0.5) is 0 Å². The zero-order chi connectivity index (χ0) is 13.8. The van der Waals surface area contributed by atoms with Gasteiger partial charge in [0.1, 0.15) is 5.78 Å².